The summed E-state index contributed by atoms with van der Waals surface area (Å²) in [5.41, 5.74) is -0.224. The molecule has 2 aliphatic carbocycles. The van der Waals surface area contributed by atoms with Crippen molar-refractivity contribution < 1.29 is 9.90 Å². The number of hydrogen-bond acceptors (Lipinski definition) is 3. The molecule has 2 rings (SSSR count). The first-order valence-corrected chi connectivity index (χ1v) is 6.79. The van der Waals surface area contributed by atoms with Crippen LogP contribution in [-0.4, -0.2) is 35.7 Å². The maximum absolute atomic E-state index is 11.6. The summed E-state index contributed by atoms with van der Waals surface area (Å²) in [6.07, 6.45) is 6.56. The Morgan fingerprint density at radius 1 is 1.41 bits per heavy atom. The third kappa shape index (κ3) is 3.68. The molecule has 4 heteroatoms. The molecule has 2 aliphatic rings. The van der Waals surface area contributed by atoms with Crippen molar-refractivity contribution in [3.63, 3.8) is 0 Å². The molecular formula is C13H24N2O2. The van der Waals surface area contributed by atoms with E-state index < -0.39 is 0 Å². The molecule has 17 heavy (non-hydrogen) atoms. The first-order chi connectivity index (χ1) is 8.13. The summed E-state index contributed by atoms with van der Waals surface area (Å²) in [6.45, 7) is 2.69. The molecule has 0 aromatic heterocycles. The van der Waals surface area contributed by atoms with Crippen molar-refractivity contribution in [3.05, 3.63) is 0 Å². The van der Waals surface area contributed by atoms with Gasteiger partial charge in [-0.15, -0.1) is 0 Å². The predicted molar refractivity (Wildman–Crippen MR) is 66.6 cm³/mol. The minimum absolute atomic E-state index is 0.0681. The van der Waals surface area contributed by atoms with E-state index in [1.807, 2.05) is 0 Å². The quantitative estimate of drug-likeness (QED) is 0.666. The van der Waals surface area contributed by atoms with Crippen LogP contribution in [-0.2, 0) is 4.79 Å². The van der Waals surface area contributed by atoms with Gasteiger partial charge in [0.15, 0.2) is 0 Å². The van der Waals surface area contributed by atoms with Crippen LogP contribution in [0.15, 0.2) is 0 Å². The van der Waals surface area contributed by atoms with Crippen LogP contribution in [0.2, 0.25) is 0 Å². The van der Waals surface area contributed by atoms with Crippen LogP contribution in [0.1, 0.15) is 45.4 Å². The molecule has 2 atom stereocenters. The van der Waals surface area contributed by atoms with Gasteiger partial charge < -0.3 is 15.7 Å². The second kappa shape index (κ2) is 5.36. The summed E-state index contributed by atoms with van der Waals surface area (Å²) in [4.78, 5) is 11.6. The van der Waals surface area contributed by atoms with E-state index in [1.54, 1.807) is 0 Å². The summed E-state index contributed by atoms with van der Waals surface area (Å²) >= 11 is 0. The third-order valence-electron chi connectivity index (χ3n) is 3.96. The predicted octanol–water partition coefficient (Wildman–Crippen LogP) is 0.796. The molecule has 98 valence electrons. The molecule has 0 aromatic carbocycles. The Balaban J connectivity index is 1.78. The van der Waals surface area contributed by atoms with E-state index in [0.717, 1.165) is 32.1 Å². The Morgan fingerprint density at radius 3 is 2.76 bits per heavy atom. The number of nitrogens with one attached hydrogen (secondary N) is 2. The second-order valence-electron chi connectivity index (χ2n) is 5.84. The van der Waals surface area contributed by atoms with Crippen molar-refractivity contribution in [2.45, 2.75) is 57.0 Å². The van der Waals surface area contributed by atoms with Crippen molar-refractivity contribution in [2.24, 2.45) is 5.92 Å². The number of aliphatic hydroxyl groups excluding tert-OH is 1. The van der Waals surface area contributed by atoms with Gasteiger partial charge in [-0.3, -0.25) is 4.79 Å². The van der Waals surface area contributed by atoms with E-state index in [4.69, 9.17) is 0 Å². The first-order valence-electron chi connectivity index (χ1n) is 6.79. The third-order valence-corrected chi connectivity index (χ3v) is 3.96. The summed E-state index contributed by atoms with van der Waals surface area (Å²) in [7, 11) is 0. The zero-order chi connectivity index (χ0) is 12.3. The van der Waals surface area contributed by atoms with Crippen LogP contribution in [0.3, 0.4) is 0 Å². The monoisotopic (exact) mass is 240 g/mol. The van der Waals surface area contributed by atoms with E-state index in [-0.39, 0.29) is 18.1 Å². The van der Waals surface area contributed by atoms with Crippen LogP contribution in [0, 0.1) is 5.92 Å². The van der Waals surface area contributed by atoms with Gasteiger partial charge in [-0.05, 0) is 31.6 Å². The molecule has 2 unspecified atom stereocenters. The topological polar surface area (TPSA) is 61.4 Å². The summed E-state index contributed by atoms with van der Waals surface area (Å²) < 4.78 is 0. The van der Waals surface area contributed by atoms with E-state index >= 15 is 0 Å². The van der Waals surface area contributed by atoms with E-state index in [0.29, 0.717) is 18.5 Å². The second-order valence-corrected chi connectivity index (χ2v) is 5.84. The summed E-state index contributed by atoms with van der Waals surface area (Å²) in [5, 5.41) is 15.8. The highest BCUT2D eigenvalue weighted by Crippen LogP contribution is 2.31. The Labute approximate surface area is 103 Å². The van der Waals surface area contributed by atoms with Gasteiger partial charge in [0, 0.05) is 11.6 Å². The SMILES string of the molecule is CC1CCCC(CO)(NCC(=O)NC2CC2)C1. The number of rotatable bonds is 5. The molecule has 0 aliphatic heterocycles. The largest absolute Gasteiger partial charge is 0.394 e. The highest BCUT2D eigenvalue weighted by Gasteiger charge is 2.34. The molecule has 4 nitrogen and oxygen atoms in total. The highest BCUT2D eigenvalue weighted by molar-refractivity contribution is 5.78. The van der Waals surface area contributed by atoms with Crippen molar-refractivity contribution >= 4 is 5.91 Å². The van der Waals surface area contributed by atoms with Crippen LogP contribution in [0.5, 0.6) is 0 Å². The van der Waals surface area contributed by atoms with Gasteiger partial charge >= 0.3 is 0 Å². The van der Waals surface area contributed by atoms with Gasteiger partial charge in [-0.2, -0.15) is 0 Å². The average Bonchev–Trinajstić information content (AvgIpc) is 3.10. The van der Waals surface area contributed by atoms with Gasteiger partial charge in [-0.1, -0.05) is 19.8 Å². The van der Waals surface area contributed by atoms with Crippen LogP contribution < -0.4 is 10.6 Å². The lowest BCUT2D eigenvalue weighted by Gasteiger charge is -2.39. The molecule has 0 spiro atoms. The molecule has 0 saturated heterocycles. The lowest BCUT2D eigenvalue weighted by molar-refractivity contribution is -0.121. The maximum Gasteiger partial charge on any atom is 0.234 e. The van der Waals surface area contributed by atoms with Gasteiger partial charge in [0.2, 0.25) is 5.91 Å². The van der Waals surface area contributed by atoms with Crippen LogP contribution in [0.25, 0.3) is 0 Å². The Bertz CT molecular complexity index is 279. The van der Waals surface area contributed by atoms with Gasteiger partial charge in [-0.25, -0.2) is 0 Å². The highest BCUT2D eigenvalue weighted by atomic mass is 16.3. The standard InChI is InChI=1S/C13H24N2O2/c1-10-3-2-6-13(7-10,9-16)14-8-12(17)15-11-4-5-11/h10-11,14,16H,2-9H2,1H3,(H,15,17). The average molecular weight is 240 g/mol. The normalized spacial score (nSPS) is 33.4. The van der Waals surface area contributed by atoms with E-state index in [9.17, 15) is 9.90 Å². The van der Waals surface area contributed by atoms with E-state index in [1.165, 1.54) is 6.42 Å². The lowest BCUT2D eigenvalue weighted by Crippen LogP contribution is -2.54. The van der Waals surface area contributed by atoms with Crippen LogP contribution >= 0.6 is 0 Å². The molecular weight excluding hydrogens is 216 g/mol. The van der Waals surface area contributed by atoms with Gasteiger partial charge in [0.05, 0.1) is 13.2 Å². The number of carbonyl (C=O) groups excluding carboxylic acids is 1. The first kappa shape index (κ1) is 12.8. The zero-order valence-corrected chi connectivity index (χ0v) is 10.7. The smallest absolute Gasteiger partial charge is 0.234 e. The van der Waals surface area contributed by atoms with Crippen molar-refractivity contribution in [2.75, 3.05) is 13.2 Å². The summed E-state index contributed by atoms with van der Waals surface area (Å²) in [6, 6.07) is 0.416. The number of carbonyl (C=O) groups is 1. The van der Waals surface area contributed by atoms with Gasteiger partial charge in [0.25, 0.3) is 0 Å². The van der Waals surface area contributed by atoms with Crippen molar-refractivity contribution in [3.8, 4) is 0 Å². The minimum Gasteiger partial charge on any atom is -0.394 e. The fourth-order valence-electron chi connectivity index (χ4n) is 2.79. The summed E-state index contributed by atoms with van der Waals surface area (Å²) in [5.74, 6) is 0.702. The maximum atomic E-state index is 11.6. The fourth-order valence-corrected chi connectivity index (χ4v) is 2.79. The van der Waals surface area contributed by atoms with Gasteiger partial charge in [0.1, 0.15) is 0 Å². The van der Waals surface area contributed by atoms with Crippen LogP contribution in [0.4, 0.5) is 0 Å². The van der Waals surface area contributed by atoms with Crippen molar-refractivity contribution in [1.82, 2.24) is 10.6 Å². The lowest BCUT2D eigenvalue weighted by atomic mass is 9.77. The number of hydrogen-bond donors (Lipinski definition) is 3. The fraction of sp³-hybridized carbons (Fsp3) is 0.923. The number of aliphatic hydroxyl groups is 1. The minimum atomic E-state index is -0.224. The molecule has 1 amide bonds. The Hall–Kier alpha value is -0.610. The molecule has 0 heterocycles. The Morgan fingerprint density at radius 2 is 2.18 bits per heavy atom. The molecule has 2 fully saturated rings. The molecule has 0 radical (unpaired) electrons. The molecule has 0 bridgehead atoms. The molecule has 3 N–H and O–H groups in total. The molecule has 0 aromatic rings. The zero-order valence-electron chi connectivity index (χ0n) is 10.7. The molecule has 2 saturated carbocycles. The van der Waals surface area contributed by atoms with E-state index in [2.05, 4.69) is 17.6 Å². The number of amides is 1. The van der Waals surface area contributed by atoms with Crippen molar-refractivity contribution in [1.29, 1.82) is 0 Å². The Kier molecular flexibility index (Phi) is 4.05.